The number of anilines is 1. The molecule has 0 fully saturated rings. The zero-order valence-electron chi connectivity index (χ0n) is 10.6. The summed E-state index contributed by atoms with van der Waals surface area (Å²) in [5.41, 5.74) is 1.65. The summed E-state index contributed by atoms with van der Waals surface area (Å²) in [6.45, 7) is 6.07. The van der Waals surface area contributed by atoms with Gasteiger partial charge in [0, 0.05) is 21.9 Å². The lowest BCUT2D eigenvalue weighted by atomic mass is 10.1. The van der Waals surface area contributed by atoms with Gasteiger partial charge in [-0.25, -0.2) is 4.79 Å². The number of nitrogens with one attached hydrogen (secondary N) is 2. The first kappa shape index (κ1) is 14.9. The zero-order chi connectivity index (χ0) is 13.7. The molecule has 0 atom stereocenters. The molecule has 18 heavy (non-hydrogen) atoms. The van der Waals surface area contributed by atoms with Gasteiger partial charge in [-0.15, -0.1) is 0 Å². The molecule has 0 saturated heterocycles. The van der Waals surface area contributed by atoms with Gasteiger partial charge >= 0.3 is 6.03 Å². The van der Waals surface area contributed by atoms with Crippen molar-refractivity contribution in [2.24, 2.45) is 5.92 Å². The van der Waals surface area contributed by atoms with Gasteiger partial charge in [-0.05, 0) is 31.0 Å². The van der Waals surface area contributed by atoms with Gasteiger partial charge in [0.2, 0.25) is 0 Å². The van der Waals surface area contributed by atoms with Crippen LogP contribution in [0.1, 0.15) is 20.8 Å². The Morgan fingerprint density at radius 1 is 1.22 bits per heavy atom. The number of carbonyl (C=O) groups is 1. The predicted octanol–water partition coefficient (Wildman–Crippen LogP) is 4.67. The summed E-state index contributed by atoms with van der Waals surface area (Å²) in [5.74, 6) is 0.394. The largest absolute Gasteiger partial charge is 0.323 e. The molecular formula is C13H16Cl2N2O. The molecule has 0 saturated carbocycles. The van der Waals surface area contributed by atoms with Crippen molar-refractivity contribution in [1.29, 1.82) is 0 Å². The summed E-state index contributed by atoms with van der Waals surface area (Å²) in [4.78, 5) is 11.6. The Hall–Kier alpha value is -1.19. The molecule has 0 aliphatic carbocycles. The molecular weight excluding hydrogens is 271 g/mol. The van der Waals surface area contributed by atoms with E-state index in [4.69, 9.17) is 23.2 Å². The highest BCUT2D eigenvalue weighted by Crippen LogP contribution is 2.22. The van der Waals surface area contributed by atoms with Crippen molar-refractivity contribution in [3.8, 4) is 0 Å². The summed E-state index contributed by atoms with van der Waals surface area (Å²) in [6.07, 6.45) is 1.69. The number of carbonyl (C=O) groups excluding carboxylic acids is 1. The van der Waals surface area contributed by atoms with Crippen LogP contribution in [0.15, 0.2) is 30.0 Å². The van der Waals surface area contributed by atoms with Crippen molar-refractivity contribution in [2.45, 2.75) is 20.8 Å². The van der Waals surface area contributed by atoms with Gasteiger partial charge < -0.3 is 10.6 Å². The van der Waals surface area contributed by atoms with E-state index in [0.29, 0.717) is 21.7 Å². The molecule has 0 bridgehead atoms. The number of halogens is 2. The summed E-state index contributed by atoms with van der Waals surface area (Å²) in [6, 6.07) is 4.54. The van der Waals surface area contributed by atoms with Crippen molar-refractivity contribution in [2.75, 3.05) is 5.32 Å². The number of rotatable bonds is 3. The molecule has 0 spiro atoms. The average molecular weight is 287 g/mol. The molecule has 2 amide bonds. The molecule has 1 aromatic rings. The van der Waals surface area contributed by atoms with Crippen molar-refractivity contribution < 1.29 is 4.79 Å². The van der Waals surface area contributed by atoms with Gasteiger partial charge in [0.1, 0.15) is 0 Å². The molecule has 0 radical (unpaired) electrons. The van der Waals surface area contributed by atoms with Gasteiger partial charge in [0.05, 0.1) is 0 Å². The van der Waals surface area contributed by atoms with Gasteiger partial charge in [-0.2, -0.15) is 0 Å². The monoisotopic (exact) mass is 286 g/mol. The van der Waals surface area contributed by atoms with Crippen LogP contribution in [0.3, 0.4) is 0 Å². The highest BCUT2D eigenvalue weighted by atomic mass is 35.5. The fraction of sp³-hybridized carbons (Fsp3) is 0.308. The number of amides is 2. The van der Waals surface area contributed by atoms with Crippen LogP contribution in [0.25, 0.3) is 0 Å². The lowest BCUT2D eigenvalue weighted by Gasteiger charge is -2.08. The van der Waals surface area contributed by atoms with E-state index in [1.807, 2.05) is 6.92 Å². The number of benzene rings is 1. The van der Waals surface area contributed by atoms with E-state index in [1.54, 1.807) is 24.4 Å². The van der Waals surface area contributed by atoms with E-state index in [1.165, 1.54) is 0 Å². The minimum Gasteiger partial charge on any atom is -0.314 e. The maximum Gasteiger partial charge on any atom is 0.323 e. The van der Waals surface area contributed by atoms with E-state index in [9.17, 15) is 4.79 Å². The molecule has 0 unspecified atom stereocenters. The topological polar surface area (TPSA) is 41.1 Å². The molecule has 0 aliphatic heterocycles. The van der Waals surface area contributed by atoms with Crippen molar-refractivity contribution >= 4 is 34.9 Å². The maximum absolute atomic E-state index is 11.6. The SMILES string of the molecule is C/C(=C\NC(=O)Nc1cc(Cl)cc(Cl)c1)C(C)C. The van der Waals surface area contributed by atoms with Crippen LogP contribution in [-0.2, 0) is 0 Å². The Morgan fingerprint density at radius 2 is 1.78 bits per heavy atom. The third kappa shape index (κ3) is 4.98. The maximum atomic E-state index is 11.6. The molecule has 1 aromatic carbocycles. The van der Waals surface area contributed by atoms with Gasteiger partial charge in [-0.3, -0.25) is 0 Å². The summed E-state index contributed by atoms with van der Waals surface area (Å²) in [7, 11) is 0. The van der Waals surface area contributed by atoms with Crippen LogP contribution < -0.4 is 10.6 Å². The highest BCUT2D eigenvalue weighted by molar-refractivity contribution is 6.35. The second kappa shape index (κ2) is 6.66. The van der Waals surface area contributed by atoms with Crippen LogP contribution in [-0.4, -0.2) is 6.03 Å². The van der Waals surface area contributed by atoms with Crippen molar-refractivity contribution in [3.05, 3.63) is 40.0 Å². The first-order chi connectivity index (χ1) is 8.38. The second-order valence-electron chi connectivity index (χ2n) is 4.30. The molecule has 0 aromatic heterocycles. The van der Waals surface area contributed by atoms with Gasteiger partial charge in [0.25, 0.3) is 0 Å². The molecule has 0 aliphatic rings. The fourth-order valence-electron chi connectivity index (χ4n) is 1.14. The van der Waals surface area contributed by atoms with E-state index >= 15 is 0 Å². The lowest BCUT2D eigenvalue weighted by molar-refractivity contribution is 0.255. The fourth-order valence-corrected chi connectivity index (χ4v) is 1.67. The third-order valence-electron chi connectivity index (χ3n) is 2.46. The minimum absolute atomic E-state index is 0.326. The van der Waals surface area contributed by atoms with E-state index in [2.05, 4.69) is 24.5 Å². The Morgan fingerprint density at radius 3 is 2.28 bits per heavy atom. The summed E-state index contributed by atoms with van der Waals surface area (Å²) >= 11 is 11.7. The minimum atomic E-state index is -0.326. The summed E-state index contributed by atoms with van der Waals surface area (Å²) < 4.78 is 0. The number of allylic oxidation sites excluding steroid dienone is 1. The van der Waals surface area contributed by atoms with Gasteiger partial charge in [-0.1, -0.05) is 42.6 Å². The Bertz CT molecular complexity index is 450. The molecule has 1 rings (SSSR count). The molecule has 98 valence electrons. The number of hydrogen-bond donors (Lipinski definition) is 2. The van der Waals surface area contributed by atoms with Crippen LogP contribution in [0.5, 0.6) is 0 Å². The average Bonchev–Trinajstić information content (AvgIpc) is 2.24. The molecule has 0 heterocycles. The normalized spacial score (nSPS) is 11.6. The second-order valence-corrected chi connectivity index (χ2v) is 5.17. The standard InChI is InChI=1S/C13H16Cl2N2O/c1-8(2)9(3)7-16-13(18)17-12-5-10(14)4-11(15)6-12/h4-8H,1-3H3,(H2,16,17,18)/b9-7+. The van der Waals surface area contributed by atoms with E-state index in [-0.39, 0.29) is 6.03 Å². The van der Waals surface area contributed by atoms with Crippen LogP contribution in [0.2, 0.25) is 10.0 Å². The van der Waals surface area contributed by atoms with Crippen LogP contribution in [0.4, 0.5) is 10.5 Å². The lowest BCUT2D eigenvalue weighted by Crippen LogP contribution is -2.24. The third-order valence-corrected chi connectivity index (χ3v) is 2.90. The van der Waals surface area contributed by atoms with Crippen LogP contribution >= 0.6 is 23.2 Å². The first-order valence-corrected chi connectivity index (χ1v) is 6.34. The predicted molar refractivity (Wildman–Crippen MR) is 77.2 cm³/mol. The first-order valence-electron chi connectivity index (χ1n) is 5.58. The Kier molecular flexibility index (Phi) is 5.51. The number of urea groups is 1. The molecule has 2 N–H and O–H groups in total. The zero-order valence-corrected chi connectivity index (χ0v) is 12.1. The number of hydrogen-bond acceptors (Lipinski definition) is 1. The Balaban J connectivity index is 2.62. The molecule has 3 nitrogen and oxygen atoms in total. The summed E-state index contributed by atoms with van der Waals surface area (Å²) in [5, 5.41) is 6.26. The smallest absolute Gasteiger partial charge is 0.314 e. The Labute approximate surface area is 117 Å². The van der Waals surface area contributed by atoms with E-state index in [0.717, 1.165) is 5.57 Å². The van der Waals surface area contributed by atoms with Crippen LogP contribution in [0, 0.1) is 5.92 Å². The van der Waals surface area contributed by atoms with E-state index < -0.39 is 0 Å². The van der Waals surface area contributed by atoms with Crippen molar-refractivity contribution in [1.82, 2.24) is 5.32 Å². The van der Waals surface area contributed by atoms with Gasteiger partial charge in [0.15, 0.2) is 0 Å². The van der Waals surface area contributed by atoms with Crippen molar-refractivity contribution in [3.63, 3.8) is 0 Å². The molecule has 5 heteroatoms. The quantitative estimate of drug-likeness (QED) is 0.833. The highest BCUT2D eigenvalue weighted by Gasteiger charge is 2.03.